The SMILES string of the molecule is O=C(CCCNC(=O)c1ccsc1)Nc1ccc(F)cc1F. The number of nitrogens with one attached hydrogen (secondary N) is 2. The van der Waals surface area contributed by atoms with Crippen LogP contribution in [-0.2, 0) is 4.79 Å². The third-order valence-corrected chi connectivity index (χ3v) is 3.54. The number of halogens is 2. The van der Waals surface area contributed by atoms with Crippen molar-refractivity contribution in [3.63, 3.8) is 0 Å². The lowest BCUT2D eigenvalue weighted by molar-refractivity contribution is -0.116. The van der Waals surface area contributed by atoms with Gasteiger partial charge in [-0.15, -0.1) is 0 Å². The van der Waals surface area contributed by atoms with Gasteiger partial charge in [0.1, 0.15) is 11.6 Å². The van der Waals surface area contributed by atoms with Crippen LogP contribution in [0.5, 0.6) is 0 Å². The number of carbonyl (C=O) groups excluding carboxylic acids is 2. The molecule has 2 amide bonds. The van der Waals surface area contributed by atoms with E-state index in [1.165, 1.54) is 17.4 Å². The zero-order chi connectivity index (χ0) is 15.9. The molecule has 1 aromatic heterocycles. The Hall–Kier alpha value is -2.28. The standard InChI is InChI=1S/C15H14F2N2O2S/c16-11-3-4-13(12(17)8-11)19-14(20)2-1-6-18-15(21)10-5-7-22-9-10/h3-5,7-9H,1-2,6H2,(H,18,21)(H,19,20). The zero-order valence-corrected chi connectivity index (χ0v) is 12.4. The second-order valence-corrected chi connectivity index (χ2v) is 5.32. The van der Waals surface area contributed by atoms with Gasteiger partial charge in [0, 0.05) is 30.0 Å². The van der Waals surface area contributed by atoms with Crippen molar-refractivity contribution in [1.29, 1.82) is 0 Å². The van der Waals surface area contributed by atoms with Gasteiger partial charge >= 0.3 is 0 Å². The third kappa shape index (κ3) is 4.63. The van der Waals surface area contributed by atoms with Crippen molar-refractivity contribution in [3.05, 3.63) is 52.2 Å². The summed E-state index contributed by atoms with van der Waals surface area (Å²) in [6, 6.07) is 4.65. The number of hydrogen-bond acceptors (Lipinski definition) is 3. The van der Waals surface area contributed by atoms with Crippen LogP contribution < -0.4 is 10.6 Å². The smallest absolute Gasteiger partial charge is 0.252 e. The number of carbonyl (C=O) groups is 2. The largest absolute Gasteiger partial charge is 0.352 e. The molecule has 0 fully saturated rings. The van der Waals surface area contributed by atoms with Crippen LogP contribution in [0.3, 0.4) is 0 Å². The Labute approximate surface area is 130 Å². The summed E-state index contributed by atoms with van der Waals surface area (Å²) in [5.41, 5.74) is 0.525. The highest BCUT2D eigenvalue weighted by Crippen LogP contribution is 2.15. The van der Waals surface area contributed by atoms with Crippen molar-refractivity contribution >= 4 is 28.8 Å². The Balaban J connectivity index is 1.71. The maximum absolute atomic E-state index is 13.4. The van der Waals surface area contributed by atoms with E-state index in [2.05, 4.69) is 10.6 Å². The minimum atomic E-state index is -0.820. The van der Waals surface area contributed by atoms with Gasteiger partial charge in [0.05, 0.1) is 5.69 Å². The van der Waals surface area contributed by atoms with Crippen LogP contribution in [0.4, 0.5) is 14.5 Å². The van der Waals surface area contributed by atoms with Gasteiger partial charge < -0.3 is 10.6 Å². The fourth-order valence-corrected chi connectivity index (χ4v) is 2.39. The van der Waals surface area contributed by atoms with Crippen LogP contribution in [0.25, 0.3) is 0 Å². The molecule has 0 unspecified atom stereocenters. The van der Waals surface area contributed by atoms with Crippen LogP contribution in [0.2, 0.25) is 0 Å². The van der Waals surface area contributed by atoms with E-state index in [-0.39, 0.29) is 18.0 Å². The van der Waals surface area contributed by atoms with E-state index in [4.69, 9.17) is 0 Å². The van der Waals surface area contributed by atoms with E-state index >= 15 is 0 Å². The molecule has 22 heavy (non-hydrogen) atoms. The average Bonchev–Trinajstić information content (AvgIpc) is 3.01. The first kappa shape index (κ1) is 16.1. The Bertz CT molecular complexity index is 660. The van der Waals surface area contributed by atoms with Gasteiger partial charge in [0.2, 0.25) is 5.91 Å². The first-order chi connectivity index (χ1) is 10.6. The summed E-state index contributed by atoms with van der Waals surface area (Å²) in [4.78, 5) is 23.3. The van der Waals surface area contributed by atoms with Crippen LogP contribution in [0.1, 0.15) is 23.2 Å². The topological polar surface area (TPSA) is 58.2 Å². The molecule has 2 rings (SSSR count). The lowest BCUT2D eigenvalue weighted by Crippen LogP contribution is -2.25. The van der Waals surface area contributed by atoms with Gasteiger partial charge in [-0.3, -0.25) is 9.59 Å². The monoisotopic (exact) mass is 324 g/mol. The average molecular weight is 324 g/mol. The molecule has 0 bridgehead atoms. The predicted octanol–water partition coefficient (Wildman–Crippen LogP) is 3.18. The molecule has 0 aliphatic heterocycles. The van der Waals surface area contributed by atoms with Crippen LogP contribution in [0.15, 0.2) is 35.0 Å². The molecule has 116 valence electrons. The Morgan fingerprint density at radius 3 is 2.68 bits per heavy atom. The minimum absolute atomic E-state index is 0.0614. The summed E-state index contributed by atoms with van der Waals surface area (Å²) in [5.74, 6) is -2.10. The van der Waals surface area contributed by atoms with E-state index in [1.54, 1.807) is 16.8 Å². The van der Waals surface area contributed by atoms with E-state index in [0.717, 1.165) is 6.07 Å². The molecule has 0 radical (unpaired) electrons. The molecular weight excluding hydrogens is 310 g/mol. The maximum atomic E-state index is 13.4. The van der Waals surface area contributed by atoms with Crippen molar-refractivity contribution in [1.82, 2.24) is 5.32 Å². The van der Waals surface area contributed by atoms with Gasteiger partial charge in [0.25, 0.3) is 5.91 Å². The first-order valence-corrected chi connectivity index (χ1v) is 7.56. The minimum Gasteiger partial charge on any atom is -0.352 e. The highest BCUT2D eigenvalue weighted by molar-refractivity contribution is 7.08. The summed E-state index contributed by atoms with van der Waals surface area (Å²) in [7, 11) is 0. The lowest BCUT2D eigenvalue weighted by atomic mass is 10.2. The predicted molar refractivity (Wildman–Crippen MR) is 80.9 cm³/mol. The molecule has 2 N–H and O–H groups in total. The van der Waals surface area contributed by atoms with Gasteiger partial charge in [-0.2, -0.15) is 11.3 Å². The zero-order valence-electron chi connectivity index (χ0n) is 11.6. The van der Waals surface area contributed by atoms with E-state index in [1.807, 2.05) is 0 Å². The van der Waals surface area contributed by atoms with E-state index in [9.17, 15) is 18.4 Å². The second-order valence-electron chi connectivity index (χ2n) is 4.54. The molecule has 0 aliphatic carbocycles. The molecule has 7 heteroatoms. The third-order valence-electron chi connectivity index (χ3n) is 2.85. The summed E-state index contributed by atoms with van der Waals surface area (Å²) >= 11 is 1.43. The van der Waals surface area contributed by atoms with Crippen molar-refractivity contribution in [2.45, 2.75) is 12.8 Å². The van der Waals surface area contributed by atoms with Crippen molar-refractivity contribution < 1.29 is 18.4 Å². The quantitative estimate of drug-likeness (QED) is 0.802. The maximum Gasteiger partial charge on any atom is 0.252 e. The molecule has 2 aromatic rings. The fourth-order valence-electron chi connectivity index (χ4n) is 1.75. The molecule has 0 spiro atoms. The van der Waals surface area contributed by atoms with Crippen molar-refractivity contribution in [2.75, 3.05) is 11.9 Å². The number of hydrogen-bond donors (Lipinski definition) is 2. The van der Waals surface area contributed by atoms with Crippen LogP contribution in [-0.4, -0.2) is 18.4 Å². The summed E-state index contributed by atoms with van der Waals surface area (Å²) in [6.07, 6.45) is 0.547. The van der Waals surface area contributed by atoms with E-state index < -0.39 is 17.5 Å². The second kappa shape index (κ2) is 7.65. The first-order valence-electron chi connectivity index (χ1n) is 6.61. The number of rotatable bonds is 6. The molecule has 1 aromatic carbocycles. The van der Waals surface area contributed by atoms with E-state index in [0.29, 0.717) is 24.6 Å². The molecule has 4 nitrogen and oxygen atoms in total. The Kier molecular flexibility index (Phi) is 5.60. The Morgan fingerprint density at radius 2 is 2.00 bits per heavy atom. The van der Waals surface area contributed by atoms with Crippen molar-refractivity contribution in [3.8, 4) is 0 Å². The van der Waals surface area contributed by atoms with Crippen LogP contribution in [0, 0.1) is 11.6 Å². The highest BCUT2D eigenvalue weighted by Gasteiger charge is 2.09. The Morgan fingerprint density at radius 1 is 1.18 bits per heavy atom. The number of thiophene rings is 1. The number of benzene rings is 1. The summed E-state index contributed by atoms with van der Waals surface area (Å²) in [5, 5.41) is 8.59. The molecule has 0 saturated heterocycles. The van der Waals surface area contributed by atoms with Crippen molar-refractivity contribution in [2.24, 2.45) is 0 Å². The highest BCUT2D eigenvalue weighted by atomic mass is 32.1. The van der Waals surface area contributed by atoms with Gasteiger partial charge in [-0.1, -0.05) is 0 Å². The van der Waals surface area contributed by atoms with Gasteiger partial charge in [-0.25, -0.2) is 8.78 Å². The molecule has 1 heterocycles. The number of anilines is 1. The summed E-state index contributed by atoms with van der Waals surface area (Å²) < 4.78 is 26.1. The number of amides is 2. The lowest BCUT2D eigenvalue weighted by Gasteiger charge is -2.07. The fraction of sp³-hybridized carbons (Fsp3) is 0.200. The summed E-state index contributed by atoms with van der Waals surface area (Å²) in [6.45, 7) is 0.341. The van der Waals surface area contributed by atoms with Crippen LogP contribution >= 0.6 is 11.3 Å². The normalized spacial score (nSPS) is 10.3. The van der Waals surface area contributed by atoms with Gasteiger partial charge in [-0.05, 0) is 30.0 Å². The molecule has 0 saturated carbocycles. The molecule has 0 aliphatic rings. The molecule has 0 atom stereocenters. The molecular formula is C15H14F2N2O2S. The van der Waals surface area contributed by atoms with Gasteiger partial charge in [0.15, 0.2) is 0 Å².